The third kappa shape index (κ3) is 5.60. The van der Waals surface area contributed by atoms with E-state index in [1.54, 1.807) is 7.05 Å². The number of carbonyl (C=O) groups excluding carboxylic acids is 3. The summed E-state index contributed by atoms with van der Waals surface area (Å²) in [4.78, 5) is 34.0. The van der Waals surface area contributed by atoms with Gasteiger partial charge in [-0.05, 0) is 19.3 Å². The van der Waals surface area contributed by atoms with E-state index in [1.807, 2.05) is 11.8 Å². The molecule has 0 aromatic rings. The van der Waals surface area contributed by atoms with Crippen LogP contribution in [0.2, 0.25) is 0 Å². The molecule has 4 N–H and O–H groups in total. The van der Waals surface area contributed by atoms with Crippen molar-refractivity contribution in [2.24, 2.45) is 0 Å². The predicted octanol–water partition coefficient (Wildman–Crippen LogP) is 0.355. The van der Waals surface area contributed by atoms with Crippen LogP contribution in [-0.4, -0.2) is 54.5 Å². The molecule has 0 aromatic carbocycles. The van der Waals surface area contributed by atoms with Gasteiger partial charge in [0.05, 0.1) is 12.1 Å². The molecule has 0 saturated carbocycles. The summed E-state index contributed by atoms with van der Waals surface area (Å²) in [6.45, 7) is 0.548. The summed E-state index contributed by atoms with van der Waals surface area (Å²) < 4.78 is 0. The van der Waals surface area contributed by atoms with Crippen LogP contribution in [0.25, 0.3) is 0 Å². The number of fused-ring (bicyclic) bond motifs is 1. The summed E-state index contributed by atoms with van der Waals surface area (Å²) in [5.74, 6) is 1.02. The van der Waals surface area contributed by atoms with Gasteiger partial charge >= 0.3 is 6.03 Å². The van der Waals surface area contributed by atoms with Gasteiger partial charge in [0.2, 0.25) is 11.8 Å². The average Bonchev–Trinajstić information content (AvgIpc) is 3.07. The molecule has 8 heteroatoms. The molecule has 23 heavy (non-hydrogen) atoms. The highest BCUT2D eigenvalue weighted by Crippen LogP contribution is 2.33. The first-order valence-corrected chi connectivity index (χ1v) is 9.31. The largest absolute Gasteiger partial charge is 0.359 e. The molecule has 130 valence electrons. The fourth-order valence-electron chi connectivity index (χ4n) is 2.96. The number of hydrogen-bond donors (Lipinski definition) is 4. The Morgan fingerprint density at radius 3 is 2.74 bits per heavy atom. The van der Waals surface area contributed by atoms with Crippen LogP contribution in [0, 0.1) is 0 Å². The van der Waals surface area contributed by atoms with Gasteiger partial charge in [0, 0.05) is 37.4 Å². The molecule has 2 fully saturated rings. The summed E-state index contributed by atoms with van der Waals surface area (Å²) in [7, 11) is 1.61. The molecule has 2 aliphatic heterocycles. The minimum atomic E-state index is -0.0542. The van der Waals surface area contributed by atoms with E-state index in [2.05, 4.69) is 21.3 Å². The topological polar surface area (TPSA) is 99.3 Å². The third-order valence-electron chi connectivity index (χ3n) is 4.26. The highest BCUT2D eigenvalue weighted by Gasteiger charge is 2.42. The second kappa shape index (κ2) is 9.00. The first-order valence-electron chi connectivity index (χ1n) is 8.26. The molecule has 2 rings (SSSR count). The molecular weight excluding hydrogens is 316 g/mol. The monoisotopic (exact) mass is 342 g/mol. The second-order valence-electron chi connectivity index (χ2n) is 5.99. The quantitative estimate of drug-likeness (QED) is 0.359. The molecule has 0 radical (unpaired) electrons. The van der Waals surface area contributed by atoms with Crippen molar-refractivity contribution in [1.29, 1.82) is 0 Å². The number of rotatable bonds is 9. The van der Waals surface area contributed by atoms with Crippen LogP contribution in [0.3, 0.4) is 0 Å². The summed E-state index contributed by atoms with van der Waals surface area (Å²) in [6, 6.07) is 0.452. The van der Waals surface area contributed by atoms with Crippen LogP contribution < -0.4 is 21.3 Å². The highest BCUT2D eigenvalue weighted by atomic mass is 32.2. The van der Waals surface area contributed by atoms with Crippen LogP contribution in [0.5, 0.6) is 0 Å². The number of thioether (sulfide) groups is 1. The van der Waals surface area contributed by atoms with E-state index in [0.717, 1.165) is 25.0 Å². The highest BCUT2D eigenvalue weighted by molar-refractivity contribution is 8.00. The van der Waals surface area contributed by atoms with Gasteiger partial charge in [-0.25, -0.2) is 4.79 Å². The van der Waals surface area contributed by atoms with Gasteiger partial charge in [0.25, 0.3) is 0 Å². The number of nitrogens with one attached hydrogen (secondary N) is 4. The van der Waals surface area contributed by atoms with Crippen LogP contribution in [-0.2, 0) is 9.59 Å². The lowest BCUT2D eigenvalue weighted by atomic mass is 10.0. The fourth-order valence-corrected chi connectivity index (χ4v) is 4.51. The summed E-state index contributed by atoms with van der Waals surface area (Å²) in [5.41, 5.74) is 0. The Morgan fingerprint density at radius 2 is 1.96 bits per heavy atom. The van der Waals surface area contributed by atoms with E-state index < -0.39 is 0 Å². The first-order chi connectivity index (χ1) is 11.1. The van der Waals surface area contributed by atoms with Crippen molar-refractivity contribution in [3.8, 4) is 0 Å². The Kier molecular flexibility index (Phi) is 7.01. The zero-order valence-electron chi connectivity index (χ0n) is 13.5. The molecule has 0 spiro atoms. The number of unbranched alkanes of at least 4 members (excludes halogenated alkanes) is 1. The van der Waals surface area contributed by atoms with Crippen molar-refractivity contribution >= 4 is 29.6 Å². The van der Waals surface area contributed by atoms with E-state index in [0.29, 0.717) is 31.1 Å². The SMILES string of the molecule is CNC(=O)CCCNC(=O)CCCC[C@@H]1SC[C@@H]2NC(=O)N[C@@H]21. The molecule has 2 heterocycles. The van der Waals surface area contributed by atoms with Gasteiger partial charge < -0.3 is 21.3 Å². The van der Waals surface area contributed by atoms with Crippen molar-refractivity contribution in [3.05, 3.63) is 0 Å². The Labute approximate surface area is 141 Å². The maximum absolute atomic E-state index is 11.7. The third-order valence-corrected chi connectivity index (χ3v) is 5.77. The second-order valence-corrected chi connectivity index (χ2v) is 7.27. The smallest absolute Gasteiger partial charge is 0.315 e. The van der Waals surface area contributed by atoms with E-state index in [9.17, 15) is 14.4 Å². The van der Waals surface area contributed by atoms with Gasteiger partial charge in [-0.2, -0.15) is 11.8 Å². The van der Waals surface area contributed by atoms with Crippen molar-refractivity contribution in [3.63, 3.8) is 0 Å². The van der Waals surface area contributed by atoms with Crippen molar-refractivity contribution in [2.75, 3.05) is 19.3 Å². The Balaban J connectivity index is 1.49. The lowest BCUT2D eigenvalue weighted by Gasteiger charge is -2.16. The lowest BCUT2D eigenvalue weighted by molar-refractivity contribution is -0.122. The van der Waals surface area contributed by atoms with Crippen molar-refractivity contribution < 1.29 is 14.4 Å². The molecule has 4 amide bonds. The normalized spacial score (nSPS) is 25.4. The number of urea groups is 1. The lowest BCUT2D eigenvalue weighted by Crippen LogP contribution is -2.36. The Bertz CT molecular complexity index is 446. The van der Waals surface area contributed by atoms with E-state index in [-0.39, 0.29) is 29.9 Å². The van der Waals surface area contributed by atoms with Gasteiger partial charge in [0.1, 0.15) is 0 Å². The number of amides is 4. The predicted molar refractivity (Wildman–Crippen MR) is 90.3 cm³/mol. The Hall–Kier alpha value is -1.44. The standard InChI is InChI=1S/C15H26N4O3S/c1-16-12(20)7-4-8-17-13(21)6-3-2-5-11-14-10(9-23-11)18-15(22)19-14/h10-11,14H,2-9H2,1H3,(H,16,20)(H,17,21)(H2,18,19,22)/t10-,11-,14-/m0/s1. The molecule has 0 aliphatic carbocycles. The van der Waals surface area contributed by atoms with Crippen LogP contribution in [0.15, 0.2) is 0 Å². The minimum absolute atomic E-state index is 0.000102. The van der Waals surface area contributed by atoms with Gasteiger partial charge in [-0.15, -0.1) is 0 Å². The molecule has 0 bridgehead atoms. The van der Waals surface area contributed by atoms with Gasteiger partial charge in [0.15, 0.2) is 0 Å². The molecule has 2 saturated heterocycles. The van der Waals surface area contributed by atoms with Crippen LogP contribution in [0.4, 0.5) is 4.79 Å². The maximum Gasteiger partial charge on any atom is 0.315 e. The molecular formula is C15H26N4O3S. The zero-order chi connectivity index (χ0) is 16.7. The van der Waals surface area contributed by atoms with Gasteiger partial charge in [-0.1, -0.05) is 6.42 Å². The fraction of sp³-hybridized carbons (Fsp3) is 0.800. The molecule has 0 aromatic heterocycles. The molecule has 0 unspecified atom stereocenters. The number of carbonyl (C=O) groups is 3. The average molecular weight is 342 g/mol. The molecule has 3 atom stereocenters. The summed E-state index contributed by atoms with van der Waals surface area (Å²) in [6.07, 6.45) is 4.51. The molecule has 7 nitrogen and oxygen atoms in total. The molecule has 2 aliphatic rings. The first kappa shape index (κ1) is 17.9. The summed E-state index contributed by atoms with van der Waals surface area (Å²) in [5, 5.41) is 11.8. The van der Waals surface area contributed by atoms with E-state index in [4.69, 9.17) is 0 Å². The van der Waals surface area contributed by atoms with Crippen molar-refractivity contribution in [2.45, 2.75) is 55.9 Å². The van der Waals surface area contributed by atoms with E-state index in [1.165, 1.54) is 0 Å². The Morgan fingerprint density at radius 1 is 1.17 bits per heavy atom. The number of hydrogen-bond acceptors (Lipinski definition) is 4. The van der Waals surface area contributed by atoms with Crippen LogP contribution >= 0.6 is 11.8 Å². The van der Waals surface area contributed by atoms with E-state index >= 15 is 0 Å². The maximum atomic E-state index is 11.7. The zero-order valence-corrected chi connectivity index (χ0v) is 14.3. The van der Waals surface area contributed by atoms with Crippen LogP contribution in [0.1, 0.15) is 38.5 Å². The summed E-state index contributed by atoms with van der Waals surface area (Å²) >= 11 is 1.90. The van der Waals surface area contributed by atoms with Crippen molar-refractivity contribution in [1.82, 2.24) is 21.3 Å². The minimum Gasteiger partial charge on any atom is -0.359 e. The van der Waals surface area contributed by atoms with Gasteiger partial charge in [-0.3, -0.25) is 9.59 Å².